The average Bonchev–Trinajstić information content (AvgIpc) is 0.752. The number of piperidine rings is 11. The molecule has 0 radical (unpaired) electrons. The van der Waals surface area contributed by atoms with Gasteiger partial charge >= 0.3 is 18.0 Å². The van der Waals surface area contributed by atoms with Gasteiger partial charge in [-0.2, -0.15) is 44.9 Å². The van der Waals surface area contributed by atoms with E-state index in [1.165, 1.54) is 0 Å². The zero-order valence-corrected chi connectivity index (χ0v) is 99.1. The van der Waals surface area contributed by atoms with Crippen molar-refractivity contribution in [3.8, 4) is 18.0 Å². The van der Waals surface area contributed by atoms with Crippen molar-refractivity contribution in [3.05, 3.63) is 0 Å². The van der Waals surface area contributed by atoms with Gasteiger partial charge in [-0.1, -0.05) is 0 Å². The molecule has 29 heteroatoms. The minimum Gasteiger partial charge on any atom is -0.460 e. The van der Waals surface area contributed by atoms with Crippen molar-refractivity contribution in [2.45, 2.75) is 647 Å². The number of nitrogens with zero attached hydrogens (tertiary/aromatic N) is 15. The van der Waals surface area contributed by atoms with Gasteiger partial charge in [-0.3, -0.25) is 0 Å². The second kappa shape index (κ2) is 38.5. The third kappa shape index (κ3) is 30.2. The Hall–Kier alpha value is -5.21. The van der Waals surface area contributed by atoms with Crippen LogP contribution in [0.5, 0.6) is 18.0 Å². The van der Waals surface area contributed by atoms with Gasteiger partial charge in [-0.25, -0.2) is 0 Å². The van der Waals surface area contributed by atoms with Gasteiger partial charge in [0.1, 0.15) is 18.3 Å². The Labute approximate surface area is 869 Å². The van der Waals surface area contributed by atoms with Crippen LogP contribution in [-0.4, -0.2) is 260 Å². The summed E-state index contributed by atoms with van der Waals surface area (Å²) in [6, 6.07) is 1.55. The van der Waals surface area contributed by atoms with Crippen molar-refractivity contribution in [1.29, 1.82) is 0 Å². The van der Waals surface area contributed by atoms with Gasteiger partial charge in [0.2, 0.25) is 35.7 Å². The molecule has 14 heterocycles. The molecule has 3 aromatic heterocycles. The van der Waals surface area contributed by atoms with E-state index in [9.17, 15) is 0 Å². The summed E-state index contributed by atoms with van der Waals surface area (Å²) in [7, 11) is 0. The number of hydrogen-bond acceptors (Lipinski definition) is 29. The molecule has 11 N–H and O–H groups in total. The molecule has 29 nitrogen and oxygen atoms in total. The molecule has 0 aromatic carbocycles. The zero-order valence-electron chi connectivity index (χ0n) is 99.1. The summed E-state index contributed by atoms with van der Waals surface area (Å²) in [5.74, 6) is 3.99. The van der Waals surface area contributed by atoms with E-state index in [4.69, 9.17) is 59.1 Å². The van der Waals surface area contributed by atoms with E-state index in [0.717, 1.165) is 141 Å². The lowest BCUT2D eigenvalue weighted by molar-refractivity contribution is 0.0489. The SMILES string of the molecule is CC1(C)CC(Oc2nc(N(CCCN(c3nc(OC4CC(C)(C)NC(C)(C)C4)nc(N(C4CC(C)(C)NC(C)(C)C4)C4CC(C)(C)NC(C)(C)C4)n3)C3CC(C)(C)NC(C)(C)C3)CCCN(c3nc(OC4CC(C)(C)NC(C)(C)C4)nc(N(C4CC(C)(C)NC(C)(C)C4)C4CC(C)(C)NC(C)(C)C4)n3)C3CC(C)(C)NC(C)(C)C3)nc(N(C3CC(C)(C)NC(C)(C)C3)C3CC(C)(C)NC(C)(C)C3)n2)CC(C)(C)N1. The van der Waals surface area contributed by atoms with Crippen LogP contribution in [0.3, 0.4) is 0 Å². The number of rotatable bonds is 28. The van der Waals surface area contributed by atoms with Gasteiger partial charge in [-0.15, -0.1) is 0 Å². The molecule has 14 rings (SSSR count). The van der Waals surface area contributed by atoms with Crippen LogP contribution >= 0.6 is 0 Å². The van der Waals surface area contributed by atoms with E-state index >= 15 is 0 Å². The van der Waals surface area contributed by atoms with Crippen molar-refractivity contribution < 1.29 is 14.2 Å². The van der Waals surface area contributed by atoms with Crippen LogP contribution in [0, 0.1) is 0 Å². The summed E-state index contributed by atoms with van der Waals surface area (Å²) >= 11 is 0. The largest absolute Gasteiger partial charge is 0.460 e. The Balaban J connectivity index is 0.980. The maximum Gasteiger partial charge on any atom is 0.323 e. The van der Waals surface area contributed by atoms with Crippen LogP contribution in [-0.2, 0) is 0 Å². The molecular formula is C114H210N26O3. The predicted molar refractivity (Wildman–Crippen MR) is 592 cm³/mol. The molecule has 0 spiro atoms. The van der Waals surface area contributed by atoms with Gasteiger partial charge < -0.3 is 102 Å². The highest BCUT2D eigenvalue weighted by Crippen LogP contribution is 2.49. The molecule has 814 valence electrons. The second-order valence-corrected chi connectivity index (χ2v) is 62.7. The maximum atomic E-state index is 7.68. The molecule has 0 aliphatic carbocycles. The topological polar surface area (TPSA) is 295 Å². The van der Waals surface area contributed by atoms with Crippen molar-refractivity contribution in [3.63, 3.8) is 0 Å². The summed E-state index contributed by atoms with van der Waals surface area (Å²) < 4.78 is 22.9. The maximum absolute atomic E-state index is 7.68. The third-order valence-corrected chi connectivity index (χ3v) is 32.8. The molecular weight excluding hydrogens is 1780 g/mol. The number of anilines is 6. The van der Waals surface area contributed by atoms with E-state index in [1.54, 1.807) is 0 Å². The molecule has 11 aliphatic heterocycles. The van der Waals surface area contributed by atoms with E-state index in [1.807, 2.05) is 0 Å². The normalized spacial score (nSPS) is 28.4. The molecule has 11 aliphatic rings. The Kier molecular flexibility index (Phi) is 30.6. The first-order valence-corrected chi connectivity index (χ1v) is 56.3. The minimum atomic E-state index is -0.262. The van der Waals surface area contributed by atoms with Crippen LogP contribution in [0.25, 0.3) is 0 Å². The summed E-state index contributed by atoms with van der Waals surface area (Å²) in [5.41, 5.74) is -4.75. The minimum absolute atomic E-state index is 0.0142. The van der Waals surface area contributed by atoms with Gasteiger partial charge in [0.15, 0.2) is 0 Å². The predicted octanol–water partition coefficient (Wildman–Crippen LogP) is 18.8. The molecule has 3 aromatic rings. The van der Waals surface area contributed by atoms with E-state index < -0.39 is 0 Å². The summed E-state index contributed by atoms with van der Waals surface area (Å²) in [6.45, 7) is 106. The fourth-order valence-corrected chi connectivity index (χ4v) is 33.0. The Bertz CT molecular complexity index is 4390. The molecule has 11 fully saturated rings. The van der Waals surface area contributed by atoms with Crippen LogP contribution in [0.1, 0.15) is 459 Å². The fourth-order valence-electron chi connectivity index (χ4n) is 33.0. The third-order valence-electron chi connectivity index (χ3n) is 32.8. The summed E-state index contributed by atoms with van der Waals surface area (Å²) in [5, 5.41) is 44.9. The number of aromatic nitrogens is 9. The van der Waals surface area contributed by atoms with Gasteiger partial charge in [0.05, 0.1) is 0 Å². The lowest BCUT2D eigenvalue weighted by atomic mass is 9.75. The first kappa shape index (κ1) is 113. The van der Waals surface area contributed by atoms with E-state index in [0.29, 0.717) is 92.7 Å². The fraction of sp³-hybridized carbons (Fsp3) is 0.921. The van der Waals surface area contributed by atoms with Gasteiger partial charge in [0.25, 0.3) is 0 Å². The van der Waals surface area contributed by atoms with E-state index in [2.05, 4.69) is 393 Å². The molecule has 0 unspecified atom stereocenters. The van der Waals surface area contributed by atoms with Gasteiger partial charge in [0, 0.05) is 235 Å². The lowest BCUT2D eigenvalue weighted by Gasteiger charge is -2.55. The Morgan fingerprint density at radius 3 is 0.490 bits per heavy atom. The van der Waals surface area contributed by atoms with E-state index in [-0.39, 0.29) is 189 Å². The highest BCUT2D eigenvalue weighted by Gasteiger charge is 2.56. The summed E-state index contributed by atoms with van der Waals surface area (Å²) in [6.07, 6.45) is 19.6. The van der Waals surface area contributed by atoms with Crippen molar-refractivity contribution in [1.82, 2.24) is 103 Å². The zero-order chi connectivity index (χ0) is 106. The summed E-state index contributed by atoms with van der Waals surface area (Å²) in [4.78, 5) is 69.5. The molecule has 0 atom stereocenters. The molecule has 143 heavy (non-hydrogen) atoms. The van der Waals surface area contributed by atoms with Crippen molar-refractivity contribution in [2.75, 3.05) is 55.6 Å². The molecule has 0 saturated carbocycles. The quantitative estimate of drug-likeness (QED) is 0.0322. The highest BCUT2D eigenvalue weighted by molar-refractivity contribution is 5.49. The lowest BCUT2D eigenvalue weighted by Crippen LogP contribution is -2.67. The Morgan fingerprint density at radius 2 is 0.315 bits per heavy atom. The van der Waals surface area contributed by atoms with Crippen molar-refractivity contribution >= 4 is 35.7 Å². The molecule has 0 amide bonds. The number of nitrogens with one attached hydrogen (secondary N) is 11. The molecule has 11 saturated heterocycles. The highest BCUT2D eigenvalue weighted by atomic mass is 16.5. The average molecular weight is 1990 g/mol. The smallest absolute Gasteiger partial charge is 0.323 e. The van der Waals surface area contributed by atoms with Crippen LogP contribution in [0.4, 0.5) is 35.7 Å². The number of ether oxygens (including phenoxy) is 3. The van der Waals surface area contributed by atoms with Crippen LogP contribution in [0.15, 0.2) is 0 Å². The van der Waals surface area contributed by atoms with Gasteiger partial charge in [-0.05, 0) is 420 Å². The number of hydrogen-bond donors (Lipinski definition) is 11. The Morgan fingerprint density at radius 1 is 0.175 bits per heavy atom. The van der Waals surface area contributed by atoms with Crippen molar-refractivity contribution in [2.24, 2.45) is 0 Å². The first-order chi connectivity index (χ1) is 64.6. The monoisotopic (exact) mass is 1990 g/mol. The standard InChI is InChI=1S/C114H210N26O3/c1-93(2)51-73(52-94(3,4)124-93)136(85-116-88(122-91(119-85)142-82-69-111(37,38)133-112(39,40)70-82)139(77-59-101(17,18)128-102(19,20)60-77)78-61-103(21,22)129-104(23,24)62-78)49-45-47-135(84-115-87(121-90(118-84)141-81-67-109(33,34)132-110(35,36)68-81)138(75-55-97(9,10)126-98(11,12)56-75)76-57-99(13,14)127-100(15,16)58-76)48-46-50-137(74-53-95(5,6)125-96(7,8)54-74)86-117-89(123-92(120-86)143-83-71-113(41,42)134-114(43,44)72-83)140(79-63-105(25,26)130-106(27,28)64-79)80-65-107(29,30)131-108(31,32)66-80/h73-83,124-134H,45-72H2,1-44H3. The second-order valence-electron chi connectivity index (χ2n) is 62.7. The first-order valence-electron chi connectivity index (χ1n) is 56.3. The van der Waals surface area contributed by atoms with Crippen LogP contribution < -0.4 is 102 Å². The molecule has 0 bridgehead atoms. The van der Waals surface area contributed by atoms with Crippen LogP contribution in [0.2, 0.25) is 0 Å².